The molecule has 25 heavy (non-hydrogen) atoms. The molecule has 134 valence electrons. The van der Waals surface area contributed by atoms with Crippen LogP contribution in [0.2, 0.25) is 5.02 Å². The quantitative estimate of drug-likeness (QED) is 0.755. The summed E-state index contributed by atoms with van der Waals surface area (Å²) in [6, 6.07) is 9.79. The second-order valence-corrected chi connectivity index (χ2v) is 6.67. The Bertz CT molecular complexity index is 757. The van der Waals surface area contributed by atoms with Crippen LogP contribution in [0.1, 0.15) is 16.7 Å². The van der Waals surface area contributed by atoms with Gasteiger partial charge in [-0.1, -0.05) is 29.8 Å². The zero-order valence-corrected chi connectivity index (χ0v) is 16.7. The summed E-state index contributed by atoms with van der Waals surface area (Å²) < 4.78 is 10.8. The number of hydrogen-bond donors (Lipinski definition) is 1. The average Bonchev–Trinajstić information content (AvgIpc) is 2.57. The minimum absolute atomic E-state index is 0.578. The second kappa shape index (κ2) is 8.41. The second-order valence-electron chi connectivity index (χ2n) is 5.88. The predicted octanol–water partition coefficient (Wildman–Crippen LogP) is 4.80. The van der Waals surface area contributed by atoms with Gasteiger partial charge in [-0.25, -0.2) is 0 Å². The molecule has 0 bridgehead atoms. The first-order valence-corrected chi connectivity index (χ1v) is 8.64. The Morgan fingerprint density at radius 3 is 2.52 bits per heavy atom. The SMILES string of the molecule is COc1cccc(CN(C)C(=S)Nc2c(C)cc(C)cc2Cl)c1OC. The van der Waals surface area contributed by atoms with Crippen LogP contribution in [0.5, 0.6) is 11.5 Å². The first kappa shape index (κ1) is 19.3. The fraction of sp³-hybridized carbons (Fsp3) is 0.316. The van der Waals surface area contributed by atoms with Crippen LogP contribution in [0.3, 0.4) is 0 Å². The van der Waals surface area contributed by atoms with E-state index in [0.717, 1.165) is 22.4 Å². The van der Waals surface area contributed by atoms with Crippen molar-refractivity contribution in [3.05, 3.63) is 52.0 Å². The van der Waals surface area contributed by atoms with Gasteiger partial charge in [0, 0.05) is 19.2 Å². The van der Waals surface area contributed by atoms with Crippen LogP contribution < -0.4 is 14.8 Å². The molecule has 2 aromatic carbocycles. The van der Waals surface area contributed by atoms with E-state index in [9.17, 15) is 0 Å². The zero-order valence-electron chi connectivity index (χ0n) is 15.1. The molecule has 0 heterocycles. The van der Waals surface area contributed by atoms with Gasteiger partial charge in [-0.15, -0.1) is 0 Å². The standard InChI is InChI=1S/C19H23ClN2O2S/c1-12-9-13(2)17(15(20)10-12)21-19(25)22(3)11-14-7-6-8-16(23-4)18(14)24-5/h6-10H,11H2,1-5H3,(H,21,25). The maximum Gasteiger partial charge on any atom is 0.173 e. The Labute approximate surface area is 159 Å². The number of aryl methyl sites for hydroxylation is 2. The van der Waals surface area contributed by atoms with Gasteiger partial charge in [0.25, 0.3) is 0 Å². The van der Waals surface area contributed by atoms with Gasteiger partial charge in [-0.3, -0.25) is 0 Å². The van der Waals surface area contributed by atoms with E-state index in [4.69, 9.17) is 33.3 Å². The molecule has 0 aliphatic rings. The fourth-order valence-corrected chi connectivity index (χ4v) is 3.22. The van der Waals surface area contributed by atoms with Crippen molar-refractivity contribution in [3.63, 3.8) is 0 Å². The Hall–Kier alpha value is -1.98. The molecule has 0 fully saturated rings. The van der Waals surface area contributed by atoms with E-state index >= 15 is 0 Å². The minimum Gasteiger partial charge on any atom is -0.493 e. The lowest BCUT2D eigenvalue weighted by Gasteiger charge is -2.24. The smallest absolute Gasteiger partial charge is 0.173 e. The van der Waals surface area contributed by atoms with Crippen LogP contribution in [-0.4, -0.2) is 31.3 Å². The van der Waals surface area contributed by atoms with E-state index < -0.39 is 0 Å². The summed E-state index contributed by atoms with van der Waals surface area (Å²) in [7, 11) is 5.18. The summed E-state index contributed by atoms with van der Waals surface area (Å²) in [4.78, 5) is 1.93. The Balaban J connectivity index is 2.17. The molecule has 0 spiro atoms. The van der Waals surface area contributed by atoms with E-state index in [2.05, 4.69) is 11.4 Å². The number of ether oxygens (including phenoxy) is 2. The van der Waals surface area contributed by atoms with Crippen LogP contribution in [-0.2, 0) is 6.54 Å². The predicted molar refractivity (Wildman–Crippen MR) is 108 cm³/mol. The highest BCUT2D eigenvalue weighted by atomic mass is 35.5. The van der Waals surface area contributed by atoms with Crippen LogP contribution >= 0.6 is 23.8 Å². The highest BCUT2D eigenvalue weighted by Gasteiger charge is 2.14. The summed E-state index contributed by atoms with van der Waals surface area (Å²) in [5.74, 6) is 1.41. The van der Waals surface area contributed by atoms with Crippen LogP contribution in [0, 0.1) is 13.8 Å². The van der Waals surface area contributed by atoms with E-state index in [1.807, 2.05) is 50.1 Å². The number of halogens is 1. The fourth-order valence-electron chi connectivity index (χ4n) is 2.68. The summed E-state index contributed by atoms with van der Waals surface area (Å²) >= 11 is 11.9. The van der Waals surface area contributed by atoms with Crippen LogP contribution in [0.4, 0.5) is 5.69 Å². The summed E-state index contributed by atoms with van der Waals surface area (Å²) in [6.07, 6.45) is 0. The Morgan fingerprint density at radius 2 is 1.92 bits per heavy atom. The largest absolute Gasteiger partial charge is 0.493 e. The molecule has 0 aliphatic carbocycles. The first-order valence-electron chi connectivity index (χ1n) is 7.86. The molecule has 2 rings (SSSR count). The van der Waals surface area contributed by atoms with Gasteiger partial charge >= 0.3 is 0 Å². The summed E-state index contributed by atoms with van der Waals surface area (Å²) in [6.45, 7) is 4.60. The maximum absolute atomic E-state index is 6.35. The molecule has 0 aromatic heterocycles. The summed E-state index contributed by atoms with van der Waals surface area (Å²) in [5.41, 5.74) is 4.00. The lowest BCUT2D eigenvalue weighted by molar-refractivity contribution is 0.347. The number of rotatable bonds is 5. The topological polar surface area (TPSA) is 33.7 Å². The van der Waals surface area contributed by atoms with E-state index in [0.29, 0.717) is 28.2 Å². The first-order chi connectivity index (χ1) is 11.9. The van der Waals surface area contributed by atoms with Gasteiger partial charge in [0.15, 0.2) is 16.6 Å². The van der Waals surface area contributed by atoms with Crippen LogP contribution in [0.25, 0.3) is 0 Å². The molecule has 0 unspecified atom stereocenters. The van der Waals surface area contributed by atoms with Crippen molar-refractivity contribution in [2.75, 3.05) is 26.6 Å². The van der Waals surface area contributed by atoms with Gasteiger partial charge in [0.05, 0.1) is 24.9 Å². The van der Waals surface area contributed by atoms with E-state index in [1.54, 1.807) is 14.2 Å². The highest BCUT2D eigenvalue weighted by Crippen LogP contribution is 2.32. The number of para-hydroxylation sites is 1. The van der Waals surface area contributed by atoms with Crippen molar-refractivity contribution in [1.82, 2.24) is 4.90 Å². The molecule has 0 amide bonds. The molecule has 0 atom stereocenters. The third kappa shape index (κ3) is 4.55. The molecular formula is C19H23ClN2O2S. The monoisotopic (exact) mass is 378 g/mol. The number of nitrogens with one attached hydrogen (secondary N) is 1. The highest BCUT2D eigenvalue weighted by molar-refractivity contribution is 7.80. The number of methoxy groups -OCH3 is 2. The number of thiocarbonyl (C=S) groups is 1. The third-order valence-electron chi connectivity index (χ3n) is 3.90. The van der Waals surface area contributed by atoms with Crippen molar-refractivity contribution in [1.29, 1.82) is 0 Å². The molecule has 2 aromatic rings. The Kier molecular flexibility index (Phi) is 6.51. The molecule has 0 radical (unpaired) electrons. The molecule has 0 saturated carbocycles. The summed E-state index contributed by atoms with van der Waals surface area (Å²) in [5, 5.41) is 4.49. The lowest BCUT2D eigenvalue weighted by atomic mass is 10.1. The van der Waals surface area contributed by atoms with Crippen molar-refractivity contribution in [2.24, 2.45) is 0 Å². The number of hydrogen-bond acceptors (Lipinski definition) is 3. The van der Waals surface area contributed by atoms with Gasteiger partial charge in [0.1, 0.15) is 0 Å². The van der Waals surface area contributed by atoms with Gasteiger partial charge in [0.2, 0.25) is 0 Å². The van der Waals surface area contributed by atoms with E-state index in [1.165, 1.54) is 0 Å². The molecule has 0 saturated heterocycles. The lowest BCUT2D eigenvalue weighted by Crippen LogP contribution is -2.31. The van der Waals surface area contributed by atoms with Gasteiger partial charge in [-0.05, 0) is 49.3 Å². The van der Waals surface area contributed by atoms with Crippen molar-refractivity contribution in [3.8, 4) is 11.5 Å². The normalized spacial score (nSPS) is 10.3. The minimum atomic E-state index is 0.578. The molecule has 0 aliphatic heterocycles. The Morgan fingerprint density at radius 1 is 1.20 bits per heavy atom. The van der Waals surface area contributed by atoms with E-state index in [-0.39, 0.29) is 0 Å². The van der Waals surface area contributed by atoms with Crippen molar-refractivity contribution in [2.45, 2.75) is 20.4 Å². The number of anilines is 1. The zero-order chi connectivity index (χ0) is 18.6. The van der Waals surface area contributed by atoms with Gasteiger partial charge < -0.3 is 19.7 Å². The molecule has 1 N–H and O–H groups in total. The number of benzene rings is 2. The van der Waals surface area contributed by atoms with Gasteiger partial charge in [-0.2, -0.15) is 0 Å². The van der Waals surface area contributed by atoms with Crippen molar-refractivity contribution < 1.29 is 9.47 Å². The molecule has 4 nitrogen and oxygen atoms in total. The van der Waals surface area contributed by atoms with Crippen molar-refractivity contribution >= 4 is 34.6 Å². The molecule has 6 heteroatoms. The van der Waals surface area contributed by atoms with Crippen LogP contribution in [0.15, 0.2) is 30.3 Å². The average molecular weight is 379 g/mol. The maximum atomic E-state index is 6.35. The molecular weight excluding hydrogens is 356 g/mol. The number of nitrogens with zero attached hydrogens (tertiary/aromatic N) is 1. The third-order valence-corrected chi connectivity index (χ3v) is 4.61.